The van der Waals surface area contributed by atoms with E-state index in [4.69, 9.17) is 23.2 Å². The highest BCUT2D eigenvalue weighted by molar-refractivity contribution is 6.35. The van der Waals surface area contributed by atoms with E-state index in [1.54, 1.807) is 23.1 Å². The monoisotopic (exact) mass is 420 g/mol. The molecule has 0 fully saturated rings. The number of hydrogen-bond acceptors (Lipinski definition) is 2. The summed E-state index contributed by atoms with van der Waals surface area (Å²) in [6.07, 6.45) is 0.740. The average molecular weight is 421 g/mol. The second-order valence-electron chi connectivity index (χ2n) is 6.68. The highest BCUT2D eigenvalue weighted by Crippen LogP contribution is 2.24. The zero-order valence-electron chi connectivity index (χ0n) is 16.5. The van der Waals surface area contributed by atoms with Crippen LogP contribution in [-0.2, 0) is 22.6 Å². The molecule has 6 heteroatoms. The van der Waals surface area contributed by atoms with Crippen molar-refractivity contribution >= 4 is 35.0 Å². The van der Waals surface area contributed by atoms with Crippen LogP contribution in [0, 0.1) is 6.92 Å². The van der Waals surface area contributed by atoms with Crippen LogP contribution in [0.4, 0.5) is 0 Å². The number of amides is 2. The zero-order chi connectivity index (χ0) is 20.7. The van der Waals surface area contributed by atoms with Crippen molar-refractivity contribution in [2.24, 2.45) is 0 Å². The van der Waals surface area contributed by atoms with Crippen molar-refractivity contribution in [2.75, 3.05) is 6.54 Å². The van der Waals surface area contributed by atoms with E-state index in [-0.39, 0.29) is 24.8 Å². The maximum absolute atomic E-state index is 13.2. The predicted octanol–water partition coefficient (Wildman–Crippen LogP) is 4.79. The van der Waals surface area contributed by atoms with Crippen LogP contribution in [-0.4, -0.2) is 29.3 Å². The molecule has 0 bridgehead atoms. The minimum atomic E-state index is -0.566. The van der Waals surface area contributed by atoms with Gasteiger partial charge in [0.2, 0.25) is 11.8 Å². The largest absolute Gasteiger partial charge is 0.355 e. The topological polar surface area (TPSA) is 49.4 Å². The molecular weight excluding hydrogens is 395 g/mol. The van der Waals surface area contributed by atoms with E-state index in [0.29, 0.717) is 23.0 Å². The van der Waals surface area contributed by atoms with Gasteiger partial charge in [-0.1, -0.05) is 60.5 Å². The van der Waals surface area contributed by atoms with E-state index in [9.17, 15) is 9.59 Å². The van der Waals surface area contributed by atoms with E-state index in [1.165, 1.54) is 0 Å². The van der Waals surface area contributed by atoms with Gasteiger partial charge in [-0.3, -0.25) is 9.59 Å². The fourth-order valence-electron chi connectivity index (χ4n) is 3.12. The van der Waals surface area contributed by atoms with E-state index in [1.807, 2.05) is 45.0 Å². The Labute approximate surface area is 176 Å². The molecule has 1 unspecified atom stereocenters. The third-order valence-corrected chi connectivity index (χ3v) is 5.28. The number of carbonyl (C=O) groups is 2. The molecule has 2 rings (SSSR count). The lowest BCUT2D eigenvalue weighted by molar-refractivity contribution is -0.140. The van der Waals surface area contributed by atoms with Crippen LogP contribution in [0.2, 0.25) is 10.0 Å². The maximum atomic E-state index is 13.2. The van der Waals surface area contributed by atoms with Crippen LogP contribution in [0.1, 0.15) is 37.0 Å². The molecule has 1 atom stereocenters. The fraction of sp³-hybridized carbons (Fsp3) is 0.364. The molecule has 2 amide bonds. The molecule has 2 aromatic rings. The molecule has 4 nitrogen and oxygen atoms in total. The molecule has 0 saturated carbocycles. The molecule has 150 valence electrons. The molecule has 0 radical (unpaired) electrons. The molecule has 0 spiro atoms. The van der Waals surface area contributed by atoms with Crippen molar-refractivity contribution in [3.05, 3.63) is 69.2 Å². The van der Waals surface area contributed by atoms with Gasteiger partial charge in [-0.05, 0) is 49.1 Å². The first-order chi connectivity index (χ1) is 13.4. The first kappa shape index (κ1) is 22.3. The lowest BCUT2D eigenvalue weighted by atomic mass is 10.0. The summed E-state index contributed by atoms with van der Waals surface area (Å²) < 4.78 is 0. The third kappa shape index (κ3) is 5.73. The summed E-state index contributed by atoms with van der Waals surface area (Å²) in [5, 5.41) is 3.84. The quantitative estimate of drug-likeness (QED) is 0.667. The number of likely N-dealkylation sites (N-methyl/N-ethyl adjacent to an activating group) is 1. The SMILES string of the molecule is CCNC(=O)C(CC)N(Cc1ccc(Cl)cc1Cl)C(=O)Cc1ccccc1C. The summed E-state index contributed by atoms with van der Waals surface area (Å²) in [7, 11) is 0. The molecule has 0 aromatic heterocycles. The van der Waals surface area contributed by atoms with Gasteiger partial charge < -0.3 is 10.2 Å². The van der Waals surface area contributed by atoms with E-state index < -0.39 is 6.04 Å². The normalized spacial score (nSPS) is 11.8. The minimum Gasteiger partial charge on any atom is -0.355 e. The van der Waals surface area contributed by atoms with Crippen LogP contribution < -0.4 is 5.32 Å². The second-order valence-corrected chi connectivity index (χ2v) is 7.52. The second kappa shape index (κ2) is 10.5. The Hall–Kier alpha value is -2.04. The Morgan fingerprint density at radius 2 is 1.79 bits per heavy atom. The molecule has 0 aliphatic heterocycles. The summed E-state index contributed by atoms with van der Waals surface area (Å²) >= 11 is 12.3. The van der Waals surface area contributed by atoms with Crippen molar-refractivity contribution in [1.82, 2.24) is 10.2 Å². The molecule has 1 N–H and O–H groups in total. The summed E-state index contributed by atoms with van der Waals surface area (Å²) in [6, 6.07) is 12.4. The van der Waals surface area contributed by atoms with Gasteiger partial charge in [-0.15, -0.1) is 0 Å². The van der Waals surface area contributed by atoms with Crippen LogP contribution in [0.15, 0.2) is 42.5 Å². The summed E-state index contributed by atoms with van der Waals surface area (Å²) in [5.41, 5.74) is 2.75. The summed E-state index contributed by atoms with van der Waals surface area (Å²) in [5.74, 6) is -0.272. The molecule has 0 saturated heterocycles. The molecule has 0 aliphatic rings. The van der Waals surface area contributed by atoms with Crippen LogP contribution in [0.25, 0.3) is 0 Å². The predicted molar refractivity (Wildman–Crippen MR) is 115 cm³/mol. The standard InChI is InChI=1S/C22H26Cl2N2O2/c1-4-20(22(28)25-5-2)26(14-17-10-11-18(23)13-19(17)24)21(27)12-16-9-7-6-8-15(16)3/h6-11,13,20H,4-5,12,14H2,1-3H3,(H,25,28). The molecule has 28 heavy (non-hydrogen) atoms. The number of benzene rings is 2. The first-order valence-corrected chi connectivity index (χ1v) is 10.2. The van der Waals surface area contributed by atoms with Gasteiger partial charge in [-0.2, -0.15) is 0 Å². The van der Waals surface area contributed by atoms with Crippen LogP contribution >= 0.6 is 23.2 Å². The highest BCUT2D eigenvalue weighted by Gasteiger charge is 2.29. The van der Waals surface area contributed by atoms with Gasteiger partial charge in [0, 0.05) is 23.1 Å². The summed E-state index contributed by atoms with van der Waals surface area (Å²) in [6.45, 7) is 6.49. The molecule has 2 aromatic carbocycles. The van der Waals surface area contributed by atoms with Crippen molar-refractivity contribution in [3.63, 3.8) is 0 Å². The number of carbonyl (C=O) groups excluding carboxylic acids is 2. The number of nitrogens with one attached hydrogen (secondary N) is 1. The maximum Gasteiger partial charge on any atom is 0.242 e. The van der Waals surface area contributed by atoms with E-state index in [2.05, 4.69) is 5.32 Å². The Morgan fingerprint density at radius 3 is 2.39 bits per heavy atom. The Bertz CT molecular complexity index is 839. The van der Waals surface area contributed by atoms with Gasteiger partial charge in [0.1, 0.15) is 6.04 Å². The fourth-order valence-corrected chi connectivity index (χ4v) is 3.59. The third-order valence-electron chi connectivity index (χ3n) is 4.70. The van der Waals surface area contributed by atoms with E-state index in [0.717, 1.165) is 16.7 Å². The molecule has 0 heterocycles. The van der Waals surface area contributed by atoms with Crippen molar-refractivity contribution in [2.45, 2.75) is 46.2 Å². The first-order valence-electron chi connectivity index (χ1n) is 9.42. The Morgan fingerprint density at radius 1 is 1.07 bits per heavy atom. The molecule has 0 aliphatic carbocycles. The average Bonchev–Trinajstić information content (AvgIpc) is 2.65. The van der Waals surface area contributed by atoms with Crippen molar-refractivity contribution in [3.8, 4) is 0 Å². The van der Waals surface area contributed by atoms with Gasteiger partial charge in [-0.25, -0.2) is 0 Å². The van der Waals surface area contributed by atoms with Gasteiger partial charge in [0.25, 0.3) is 0 Å². The number of hydrogen-bond donors (Lipinski definition) is 1. The van der Waals surface area contributed by atoms with Gasteiger partial charge in [0.05, 0.1) is 6.42 Å². The number of aryl methyl sites for hydroxylation is 1. The number of halogens is 2. The lowest BCUT2D eigenvalue weighted by Crippen LogP contribution is -2.49. The van der Waals surface area contributed by atoms with Gasteiger partial charge in [0.15, 0.2) is 0 Å². The minimum absolute atomic E-state index is 0.113. The Kier molecular flexibility index (Phi) is 8.34. The lowest BCUT2D eigenvalue weighted by Gasteiger charge is -2.31. The number of nitrogens with zero attached hydrogens (tertiary/aromatic N) is 1. The van der Waals surface area contributed by atoms with Crippen LogP contribution in [0.3, 0.4) is 0 Å². The molecular formula is C22H26Cl2N2O2. The van der Waals surface area contributed by atoms with Gasteiger partial charge >= 0.3 is 0 Å². The summed E-state index contributed by atoms with van der Waals surface area (Å²) in [4.78, 5) is 27.5. The van der Waals surface area contributed by atoms with Crippen molar-refractivity contribution < 1.29 is 9.59 Å². The van der Waals surface area contributed by atoms with Crippen LogP contribution in [0.5, 0.6) is 0 Å². The van der Waals surface area contributed by atoms with E-state index >= 15 is 0 Å². The highest BCUT2D eigenvalue weighted by atomic mass is 35.5. The smallest absolute Gasteiger partial charge is 0.242 e. The Balaban J connectivity index is 2.35. The zero-order valence-corrected chi connectivity index (χ0v) is 18.0. The van der Waals surface area contributed by atoms with Crippen molar-refractivity contribution in [1.29, 1.82) is 0 Å². The number of rotatable bonds is 8.